The van der Waals surface area contributed by atoms with Crippen LogP contribution < -0.4 is 5.32 Å². The number of carbonyl (C=O) groups excluding carboxylic acids is 1. The zero-order valence-corrected chi connectivity index (χ0v) is 13.4. The highest BCUT2D eigenvalue weighted by atomic mass is 127. The maximum atomic E-state index is 12.3. The number of hydrogen-bond donors (Lipinski definition) is 1. The van der Waals surface area contributed by atoms with Crippen molar-refractivity contribution >= 4 is 39.9 Å². The maximum absolute atomic E-state index is 12.3. The van der Waals surface area contributed by atoms with Gasteiger partial charge in [0.1, 0.15) is 0 Å². The molecule has 0 bridgehead atoms. The molecule has 2 rings (SSSR count). The van der Waals surface area contributed by atoms with E-state index in [1.807, 2.05) is 24.3 Å². The van der Waals surface area contributed by atoms with Gasteiger partial charge in [-0.05, 0) is 47.2 Å². The highest BCUT2D eigenvalue weighted by Crippen LogP contribution is 2.23. The first-order chi connectivity index (χ1) is 9.99. The highest BCUT2D eigenvalue weighted by molar-refractivity contribution is 14.1. The Morgan fingerprint density at radius 2 is 1.95 bits per heavy atom. The van der Waals surface area contributed by atoms with Crippen LogP contribution in [0.3, 0.4) is 0 Å². The lowest BCUT2D eigenvalue weighted by atomic mass is 10.00. The average Bonchev–Trinajstić information content (AvgIpc) is 2.49. The van der Waals surface area contributed by atoms with Gasteiger partial charge in [-0.25, -0.2) is 0 Å². The molecule has 0 aliphatic rings. The van der Waals surface area contributed by atoms with Crippen LogP contribution in [0.1, 0.15) is 18.4 Å². The standard InChI is InChI=1S/C15H13IN2O3/c1-10(11-5-4-6-12(9-11)18(20)21)15(19)17-14-8-3-2-7-13(14)16/h2-10H,1H3,(H,17,19). The molecule has 0 saturated heterocycles. The zero-order chi connectivity index (χ0) is 15.4. The molecule has 0 heterocycles. The summed E-state index contributed by atoms with van der Waals surface area (Å²) in [5, 5.41) is 13.6. The normalized spacial score (nSPS) is 11.7. The summed E-state index contributed by atoms with van der Waals surface area (Å²) in [6.07, 6.45) is 0. The molecule has 108 valence electrons. The third-order valence-corrected chi connectivity index (χ3v) is 4.05. The Morgan fingerprint density at radius 3 is 2.62 bits per heavy atom. The molecule has 0 fully saturated rings. The lowest BCUT2D eigenvalue weighted by Crippen LogP contribution is -2.19. The van der Waals surface area contributed by atoms with E-state index in [-0.39, 0.29) is 11.6 Å². The Bertz CT molecular complexity index is 688. The summed E-state index contributed by atoms with van der Waals surface area (Å²) in [7, 11) is 0. The quantitative estimate of drug-likeness (QED) is 0.484. The van der Waals surface area contributed by atoms with Gasteiger partial charge in [-0.2, -0.15) is 0 Å². The molecule has 1 N–H and O–H groups in total. The van der Waals surface area contributed by atoms with Crippen LogP contribution >= 0.6 is 22.6 Å². The lowest BCUT2D eigenvalue weighted by molar-refractivity contribution is -0.384. The van der Waals surface area contributed by atoms with E-state index in [4.69, 9.17) is 0 Å². The van der Waals surface area contributed by atoms with Crippen molar-refractivity contribution in [3.05, 3.63) is 67.8 Å². The van der Waals surface area contributed by atoms with Gasteiger partial charge in [-0.15, -0.1) is 0 Å². The summed E-state index contributed by atoms with van der Waals surface area (Å²) < 4.78 is 0.940. The van der Waals surface area contributed by atoms with Crippen molar-refractivity contribution < 1.29 is 9.72 Å². The third kappa shape index (κ3) is 3.78. The first kappa shape index (κ1) is 15.4. The van der Waals surface area contributed by atoms with E-state index in [1.54, 1.807) is 19.1 Å². The van der Waals surface area contributed by atoms with Crippen LogP contribution in [-0.4, -0.2) is 10.8 Å². The second-order valence-electron chi connectivity index (χ2n) is 4.54. The van der Waals surface area contributed by atoms with Crippen LogP contribution in [-0.2, 0) is 4.79 Å². The van der Waals surface area contributed by atoms with Crippen molar-refractivity contribution in [1.29, 1.82) is 0 Å². The topological polar surface area (TPSA) is 72.2 Å². The predicted octanol–water partition coefficient (Wildman–Crippen LogP) is 3.94. The van der Waals surface area contributed by atoms with Crippen molar-refractivity contribution in [3.8, 4) is 0 Å². The van der Waals surface area contributed by atoms with Gasteiger partial charge in [0, 0.05) is 15.7 Å². The number of hydrogen-bond acceptors (Lipinski definition) is 3. The van der Waals surface area contributed by atoms with E-state index >= 15 is 0 Å². The summed E-state index contributed by atoms with van der Waals surface area (Å²) in [4.78, 5) is 22.6. The maximum Gasteiger partial charge on any atom is 0.269 e. The molecular formula is C15H13IN2O3. The molecule has 2 aromatic carbocycles. The minimum atomic E-state index is -0.471. The van der Waals surface area contributed by atoms with E-state index in [0.717, 1.165) is 9.26 Å². The van der Waals surface area contributed by atoms with Crippen molar-refractivity contribution in [2.45, 2.75) is 12.8 Å². The van der Waals surface area contributed by atoms with Gasteiger partial charge in [0.15, 0.2) is 0 Å². The molecule has 6 heteroatoms. The molecule has 1 atom stereocenters. The molecule has 1 amide bonds. The van der Waals surface area contributed by atoms with Gasteiger partial charge in [0.05, 0.1) is 16.5 Å². The number of para-hydroxylation sites is 1. The second-order valence-corrected chi connectivity index (χ2v) is 5.71. The van der Waals surface area contributed by atoms with E-state index in [1.165, 1.54) is 12.1 Å². The summed E-state index contributed by atoms with van der Waals surface area (Å²) in [6, 6.07) is 13.6. The van der Waals surface area contributed by atoms with Crippen LogP contribution in [0, 0.1) is 13.7 Å². The third-order valence-electron chi connectivity index (χ3n) is 3.11. The molecule has 5 nitrogen and oxygen atoms in total. The number of amides is 1. The summed E-state index contributed by atoms with van der Waals surface area (Å²) in [6.45, 7) is 1.73. The van der Waals surface area contributed by atoms with Crippen molar-refractivity contribution in [2.75, 3.05) is 5.32 Å². The Balaban J connectivity index is 2.18. The van der Waals surface area contributed by atoms with Crippen LogP contribution in [0.4, 0.5) is 11.4 Å². The second kappa shape index (κ2) is 6.66. The van der Waals surface area contributed by atoms with E-state index in [9.17, 15) is 14.9 Å². The molecule has 0 radical (unpaired) electrons. The first-order valence-corrected chi connectivity index (χ1v) is 7.36. The Labute approximate surface area is 135 Å². The zero-order valence-electron chi connectivity index (χ0n) is 11.2. The predicted molar refractivity (Wildman–Crippen MR) is 89.3 cm³/mol. The van der Waals surface area contributed by atoms with Crippen LogP contribution in [0.25, 0.3) is 0 Å². The smallest absolute Gasteiger partial charge is 0.269 e. The van der Waals surface area contributed by atoms with Gasteiger partial charge < -0.3 is 5.32 Å². The number of nitro groups is 1. The molecule has 0 aliphatic heterocycles. The van der Waals surface area contributed by atoms with Crippen molar-refractivity contribution in [2.24, 2.45) is 0 Å². The minimum absolute atomic E-state index is 0.0126. The molecule has 2 aromatic rings. The van der Waals surface area contributed by atoms with Crippen molar-refractivity contribution in [3.63, 3.8) is 0 Å². The summed E-state index contributed by atoms with van der Waals surface area (Å²) in [5.74, 6) is -0.666. The fraction of sp³-hybridized carbons (Fsp3) is 0.133. The van der Waals surface area contributed by atoms with Gasteiger partial charge >= 0.3 is 0 Å². The number of nitro benzene ring substituents is 1. The first-order valence-electron chi connectivity index (χ1n) is 6.29. The van der Waals surface area contributed by atoms with Gasteiger partial charge in [0.25, 0.3) is 5.69 Å². The number of rotatable bonds is 4. The van der Waals surface area contributed by atoms with Crippen LogP contribution in [0.15, 0.2) is 48.5 Å². The van der Waals surface area contributed by atoms with Crippen LogP contribution in [0.5, 0.6) is 0 Å². The summed E-state index contributed by atoms with van der Waals surface area (Å²) in [5.41, 5.74) is 1.34. The lowest BCUT2D eigenvalue weighted by Gasteiger charge is -2.13. The van der Waals surface area contributed by atoms with Gasteiger partial charge in [-0.1, -0.05) is 24.3 Å². The fourth-order valence-electron chi connectivity index (χ4n) is 1.86. The highest BCUT2D eigenvalue weighted by Gasteiger charge is 2.18. The Morgan fingerprint density at radius 1 is 1.24 bits per heavy atom. The number of benzene rings is 2. The molecular weight excluding hydrogens is 383 g/mol. The van der Waals surface area contributed by atoms with E-state index in [2.05, 4.69) is 27.9 Å². The molecule has 0 spiro atoms. The average molecular weight is 396 g/mol. The monoisotopic (exact) mass is 396 g/mol. The molecule has 0 saturated carbocycles. The Kier molecular flexibility index (Phi) is 4.89. The number of non-ortho nitro benzene ring substituents is 1. The molecule has 0 aliphatic carbocycles. The number of nitrogens with one attached hydrogen (secondary N) is 1. The van der Waals surface area contributed by atoms with Crippen LogP contribution in [0.2, 0.25) is 0 Å². The van der Waals surface area contributed by atoms with Crippen molar-refractivity contribution in [1.82, 2.24) is 0 Å². The fourth-order valence-corrected chi connectivity index (χ4v) is 2.38. The molecule has 1 unspecified atom stereocenters. The Hall–Kier alpha value is -1.96. The SMILES string of the molecule is CC(C(=O)Nc1ccccc1I)c1cccc([N+](=O)[O-])c1. The van der Waals surface area contributed by atoms with E-state index in [0.29, 0.717) is 5.56 Å². The van der Waals surface area contributed by atoms with Gasteiger partial charge in [0.2, 0.25) is 5.91 Å². The number of anilines is 1. The molecule has 21 heavy (non-hydrogen) atoms. The number of halogens is 1. The number of carbonyl (C=O) groups is 1. The summed E-state index contributed by atoms with van der Waals surface area (Å²) >= 11 is 2.14. The van der Waals surface area contributed by atoms with E-state index < -0.39 is 10.8 Å². The molecule has 0 aromatic heterocycles. The largest absolute Gasteiger partial charge is 0.325 e. The minimum Gasteiger partial charge on any atom is -0.325 e. The van der Waals surface area contributed by atoms with Gasteiger partial charge in [-0.3, -0.25) is 14.9 Å². The number of nitrogens with zero attached hydrogens (tertiary/aromatic N) is 1.